The van der Waals surface area contributed by atoms with Gasteiger partial charge in [0.2, 0.25) is 0 Å². The van der Waals surface area contributed by atoms with Crippen molar-refractivity contribution in [2.75, 3.05) is 12.3 Å². The minimum atomic E-state index is -0.533. The summed E-state index contributed by atoms with van der Waals surface area (Å²) in [5.41, 5.74) is 6.67. The van der Waals surface area contributed by atoms with Crippen molar-refractivity contribution in [1.82, 2.24) is 5.32 Å². The average Bonchev–Trinajstić information content (AvgIpc) is 2.50. The molecule has 1 amide bonds. The van der Waals surface area contributed by atoms with Crippen LogP contribution < -0.4 is 15.8 Å². The fourth-order valence-electron chi connectivity index (χ4n) is 2.17. The first-order chi connectivity index (χ1) is 10.1. The summed E-state index contributed by atoms with van der Waals surface area (Å²) in [5, 5.41) is 4.73. The van der Waals surface area contributed by atoms with E-state index in [1.54, 1.807) is 13.0 Å². The molecule has 0 aliphatic rings. The largest absolute Gasteiger partial charge is 0.480 e. The van der Waals surface area contributed by atoms with Gasteiger partial charge in [0.05, 0.1) is 0 Å². The van der Waals surface area contributed by atoms with Crippen molar-refractivity contribution in [1.29, 1.82) is 0 Å². The summed E-state index contributed by atoms with van der Waals surface area (Å²) in [7, 11) is 0. The lowest BCUT2D eigenvalue weighted by molar-refractivity contribution is -0.127. The summed E-state index contributed by atoms with van der Waals surface area (Å²) in [6, 6.07) is 11.4. The number of hydrogen-bond donors (Lipinski definition) is 2. The molecule has 112 valence electrons. The molecule has 2 rings (SSSR count). The van der Waals surface area contributed by atoms with E-state index in [-0.39, 0.29) is 5.91 Å². The van der Waals surface area contributed by atoms with Crippen molar-refractivity contribution in [2.45, 2.75) is 32.8 Å². The van der Waals surface area contributed by atoms with E-state index in [4.69, 9.17) is 10.5 Å². The highest BCUT2D eigenvalue weighted by Crippen LogP contribution is 2.30. The lowest BCUT2D eigenvalue weighted by Crippen LogP contribution is -2.36. The zero-order valence-corrected chi connectivity index (χ0v) is 12.6. The first-order valence-corrected chi connectivity index (χ1v) is 7.35. The molecule has 4 nitrogen and oxygen atoms in total. The number of carbonyl (C=O) groups excluding carboxylic acids is 1. The SMILES string of the molecule is CCCCNC(=O)C(C)Oc1ccc(N)c2ccccc12. The number of amides is 1. The van der Waals surface area contributed by atoms with Gasteiger partial charge in [0.1, 0.15) is 5.75 Å². The number of carbonyl (C=O) groups is 1. The van der Waals surface area contributed by atoms with Crippen LogP contribution in [0.3, 0.4) is 0 Å². The minimum absolute atomic E-state index is 0.0932. The van der Waals surface area contributed by atoms with E-state index in [1.807, 2.05) is 30.3 Å². The second-order valence-electron chi connectivity index (χ2n) is 5.10. The van der Waals surface area contributed by atoms with E-state index in [1.165, 1.54) is 0 Å². The zero-order chi connectivity index (χ0) is 15.2. The van der Waals surface area contributed by atoms with Crippen LogP contribution in [0.5, 0.6) is 5.75 Å². The Morgan fingerprint density at radius 2 is 1.95 bits per heavy atom. The maximum Gasteiger partial charge on any atom is 0.260 e. The predicted octanol–water partition coefficient (Wildman–Crippen LogP) is 3.11. The Bertz CT molecular complexity index is 625. The highest BCUT2D eigenvalue weighted by Gasteiger charge is 2.15. The van der Waals surface area contributed by atoms with Crippen LogP contribution in [0, 0.1) is 0 Å². The zero-order valence-electron chi connectivity index (χ0n) is 12.6. The van der Waals surface area contributed by atoms with Gasteiger partial charge >= 0.3 is 0 Å². The van der Waals surface area contributed by atoms with E-state index in [0.717, 1.165) is 23.6 Å². The van der Waals surface area contributed by atoms with Gasteiger partial charge < -0.3 is 15.8 Å². The van der Waals surface area contributed by atoms with E-state index < -0.39 is 6.10 Å². The maximum absolute atomic E-state index is 12.0. The molecule has 4 heteroatoms. The third kappa shape index (κ3) is 3.66. The molecule has 0 bridgehead atoms. The van der Waals surface area contributed by atoms with E-state index in [2.05, 4.69) is 12.2 Å². The number of fused-ring (bicyclic) bond motifs is 1. The molecule has 21 heavy (non-hydrogen) atoms. The molecule has 0 saturated heterocycles. The number of anilines is 1. The van der Waals surface area contributed by atoms with Crippen LogP contribution in [-0.4, -0.2) is 18.6 Å². The molecule has 0 spiro atoms. The third-order valence-corrected chi connectivity index (χ3v) is 3.42. The van der Waals surface area contributed by atoms with E-state index in [0.29, 0.717) is 18.0 Å². The van der Waals surface area contributed by atoms with E-state index >= 15 is 0 Å². The molecule has 0 heterocycles. The summed E-state index contributed by atoms with van der Waals surface area (Å²) >= 11 is 0. The molecule has 1 atom stereocenters. The van der Waals surface area contributed by atoms with Gasteiger partial charge in [-0.05, 0) is 25.5 Å². The molecule has 2 aromatic carbocycles. The van der Waals surface area contributed by atoms with Gasteiger partial charge in [-0.25, -0.2) is 0 Å². The summed E-state index contributed by atoms with van der Waals surface area (Å²) in [4.78, 5) is 12.0. The first kappa shape index (κ1) is 15.2. The number of ether oxygens (including phenoxy) is 1. The lowest BCUT2D eigenvalue weighted by atomic mass is 10.1. The highest BCUT2D eigenvalue weighted by atomic mass is 16.5. The summed E-state index contributed by atoms with van der Waals surface area (Å²) in [6.45, 7) is 4.53. The van der Waals surface area contributed by atoms with Crippen LogP contribution in [0.4, 0.5) is 5.69 Å². The molecular weight excluding hydrogens is 264 g/mol. The van der Waals surface area contributed by atoms with Crippen LogP contribution in [-0.2, 0) is 4.79 Å². The quantitative estimate of drug-likeness (QED) is 0.633. The predicted molar refractivity (Wildman–Crippen MR) is 86.4 cm³/mol. The Morgan fingerprint density at radius 1 is 1.24 bits per heavy atom. The Balaban J connectivity index is 2.13. The number of rotatable bonds is 6. The second-order valence-corrected chi connectivity index (χ2v) is 5.10. The van der Waals surface area contributed by atoms with Gasteiger partial charge in [-0.1, -0.05) is 37.6 Å². The van der Waals surface area contributed by atoms with Gasteiger partial charge in [0.25, 0.3) is 5.91 Å². The molecule has 0 aliphatic carbocycles. The Morgan fingerprint density at radius 3 is 2.67 bits per heavy atom. The maximum atomic E-state index is 12.0. The lowest BCUT2D eigenvalue weighted by Gasteiger charge is -2.16. The van der Waals surface area contributed by atoms with Crippen molar-refractivity contribution >= 4 is 22.4 Å². The van der Waals surface area contributed by atoms with Crippen LogP contribution in [0.2, 0.25) is 0 Å². The first-order valence-electron chi connectivity index (χ1n) is 7.35. The summed E-state index contributed by atoms with van der Waals surface area (Å²) in [5.74, 6) is 0.585. The van der Waals surface area contributed by atoms with Gasteiger partial charge in [-0.15, -0.1) is 0 Å². The molecular formula is C17H22N2O2. The number of benzene rings is 2. The molecule has 0 saturated carbocycles. The normalized spacial score (nSPS) is 12.1. The molecule has 0 fully saturated rings. The van der Waals surface area contributed by atoms with Crippen molar-refractivity contribution in [2.24, 2.45) is 0 Å². The fourth-order valence-corrected chi connectivity index (χ4v) is 2.17. The topological polar surface area (TPSA) is 64.3 Å². The summed E-state index contributed by atoms with van der Waals surface area (Å²) < 4.78 is 5.81. The minimum Gasteiger partial charge on any atom is -0.480 e. The Kier molecular flexibility index (Phi) is 5.04. The number of nitrogen functional groups attached to an aromatic ring is 1. The van der Waals surface area contributed by atoms with Crippen LogP contribution in [0.25, 0.3) is 10.8 Å². The van der Waals surface area contributed by atoms with Gasteiger partial charge in [0.15, 0.2) is 6.10 Å². The molecule has 1 unspecified atom stereocenters. The van der Waals surface area contributed by atoms with Crippen molar-refractivity contribution in [3.05, 3.63) is 36.4 Å². The molecule has 2 aromatic rings. The van der Waals surface area contributed by atoms with Crippen molar-refractivity contribution in [3.63, 3.8) is 0 Å². The van der Waals surface area contributed by atoms with E-state index in [9.17, 15) is 4.79 Å². The van der Waals surface area contributed by atoms with Crippen LogP contribution in [0.1, 0.15) is 26.7 Å². The molecule has 0 radical (unpaired) electrons. The number of hydrogen-bond acceptors (Lipinski definition) is 3. The highest BCUT2D eigenvalue weighted by molar-refractivity contribution is 5.97. The monoisotopic (exact) mass is 286 g/mol. The Hall–Kier alpha value is -2.23. The number of nitrogens with one attached hydrogen (secondary N) is 1. The fraction of sp³-hybridized carbons (Fsp3) is 0.353. The average molecular weight is 286 g/mol. The number of unbranched alkanes of at least 4 members (excludes halogenated alkanes) is 1. The Labute approximate surface area is 125 Å². The second kappa shape index (κ2) is 6.97. The van der Waals surface area contributed by atoms with Gasteiger partial charge in [0, 0.05) is 23.0 Å². The molecule has 0 aromatic heterocycles. The number of nitrogens with two attached hydrogens (primary N) is 1. The van der Waals surface area contributed by atoms with Crippen LogP contribution in [0.15, 0.2) is 36.4 Å². The smallest absolute Gasteiger partial charge is 0.260 e. The van der Waals surface area contributed by atoms with Gasteiger partial charge in [-0.2, -0.15) is 0 Å². The molecule has 0 aliphatic heterocycles. The van der Waals surface area contributed by atoms with Crippen LogP contribution >= 0.6 is 0 Å². The third-order valence-electron chi connectivity index (χ3n) is 3.42. The molecule has 3 N–H and O–H groups in total. The van der Waals surface area contributed by atoms with Crippen molar-refractivity contribution in [3.8, 4) is 5.75 Å². The van der Waals surface area contributed by atoms with Gasteiger partial charge in [-0.3, -0.25) is 4.79 Å². The standard InChI is InChI=1S/C17H22N2O2/c1-3-4-11-19-17(20)12(2)21-16-10-9-15(18)13-7-5-6-8-14(13)16/h5-10,12H,3-4,11,18H2,1-2H3,(H,19,20). The van der Waals surface area contributed by atoms with Crippen molar-refractivity contribution < 1.29 is 9.53 Å². The summed E-state index contributed by atoms with van der Waals surface area (Å²) in [6.07, 6.45) is 1.50.